The Morgan fingerprint density at radius 3 is 2.21 bits per heavy atom. The third-order valence-corrected chi connectivity index (χ3v) is 2.99. The van der Waals surface area contributed by atoms with Crippen LogP contribution in [0.15, 0.2) is 43.9 Å². The van der Waals surface area contributed by atoms with Crippen molar-refractivity contribution >= 4 is 43.5 Å². The summed E-state index contributed by atoms with van der Waals surface area (Å²) in [5.41, 5.74) is 0.993. The largest absolute Gasteiger partial charge is 0.448 e. The Morgan fingerprint density at radius 1 is 1.07 bits per heavy atom. The summed E-state index contributed by atoms with van der Waals surface area (Å²) in [6.07, 6.45) is 0. The molecule has 4 heteroatoms. The lowest BCUT2D eigenvalue weighted by Crippen LogP contribution is -1.73. The van der Waals surface area contributed by atoms with Crippen molar-refractivity contribution in [2.75, 3.05) is 0 Å². The van der Waals surface area contributed by atoms with Crippen LogP contribution in [0, 0.1) is 0 Å². The first-order chi connectivity index (χ1) is 6.66. The van der Waals surface area contributed by atoms with Gasteiger partial charge in [0.25, 0.3) is 0 Å². The van der Waals surface area contributed by atoms with E-state index in [4.69, 9.17) is 16.0 Å². The second kappa shape index (κ2) is 4.09. The fraction of sp³-hybridized carbons (Fsp3) is 0. The molecule has 14 heavy (non-hydrogen) atoms. The highest BCUT2D eigenvalue weighted by Crippen LogP contribution is 2.34. The van der Waals surface area contributed by atoms with Gasteiger partial charge in [0.1, 0.15) is 5.76 Å². The smallest absolute Gasteiger partial charge is 0.171 e. The molecule has 0 N–H and O–H groups in total. The van der Waals surface area contributed by atoms with Gasteiger partial charge in [-0.1, -0.05) is 11.6 Å². The first-order valence-corrected chi connectivity index (χ1v) is 5.84. The van der Waals surface area contributed by atoms with Crippen LogP contribution in [0.25, 0.3) is 11.3 Å². The van der Waals surface area contributed by atoms with Crippen molar-refractivity contribution < 1.29 is 4.42 Å². The Hall–Kier alpha value is -0.250. The van der Waals surface area contributed by atoms with E-state index in [9.17, 15) is 0 Å². The van der Waals surface area contributed by atoms with Gasteiger partial charge >= 0.3 is 0 Å². The molecular weight excluding hydrogens is 331 g/mol. The highest BCUT2D eigenvalue weighted by molar-refractivity contribution is 9.11. The minimum absolute atomic E-state index is 0.703. The van der Waals surface area contributed by atoms with E-state index in [1.165, 1.54) is 0 Å². The monoisotopic (exact) mass is 334 g/mol. The molecule has 0 saturated carbocycles. The minimum atomic E-state index is 0.703. The molecule has 0 bridgehead atoms. The van der Waals surface area contributed by atoms with E-state index in [1.54, 1.807) is 0 Å². The summed E-state index contributed by atoms with van der Waals surface area (Å²) in [6, 6.07) is 9.36. The molecule has 0 aliphatic rings. The molecule has 0 unspecified atom stereocenters. The number of rotatable bonds is 1. The van der Waals surface area contributed by atoms with Gasteiger partial charge < -0.3 is 4.42 Å². The van der Waals surface area contributed by atoms with Gasteiger partial charge in [0.05, 0.1) is 4.47 Å². The quantitative estimate of drug-likeness (QED) is 0.704. The molecule has 72 valence electrons. The summed E-state index contributed by atoms with van der Waals surface area (Å²) in [5.74, 6) is 0.800. The highest BCUT2D eigenvalue weighted by Gasteiger charge is 2.09. The zero-order chi connectivity index (χ0) is 10.1. The SMILES string of the molecule is Clc1ccc(-c2oc(Br)cc2Br)cc1. The maximum absolute atomic E-state index is 5.79. The maximum Gasteiger partial charge on any atom is 0.171 e. The predicted molar refractivity (Wildman–Crippen MR) is 64.6 cm³/mol. The van der Waals surface area contributed by atoms with Crippen molar-refractivity contribution in [1.29, 1.82) is 0 Å². The van der Waals surface area contributed by atoms with Crippen molar-refractivity contribution in [3.05, 3.63) is 44.5 Å². The molecular formula is C10H5Br2ClO. The molecule has 0 fully saturated rings. The molecule has 0 aliphatic carbocycles. The average molecular weight is 336 g/mol. The fourth-order valence-electron chi connectivity index (χ4n) is 1.14. The number of furan rings is 1. The van der Waals surface area contributed by atoms with Crippen LogP contribution in [0.5, 0.6) is 0 Å². The number of halogens is 3. The molecule has 0 aliphatic heterocycles. The van der Waals surface area contributed by atoms with Gasteiger partial charge in [-0.2, -0.15) is 0 Å². The summed E-state index contributed by atoms with van der Waals surface area (Å²) in [7, 11) is 0. The van der Waals surface area contributed by atoms with Crippen LogP contribution in [0.4, 0.5) is 0 Å². The fourth-order valence-corrected chi connectivity index (χ4v) is 2.48. The third kappa shape index (κ3) is 2.05. The van der Waals surface area contributed by atoms with Gasteiger partial charge in [-0.15, -0.1) is 0 Å². The van der Waals surface area contributed by atoms with Gasteiger partial charge in [0, 0.05) is 16.7 Å². The molecule has 0 amide bonds. The van der Waals surface area contributed by atoms with Crippen molar-refractivity contribution in [3.63, 3.8) is 0 Å². The van der Waals surface area contributed by atoms with Crippen LogP contribution in [-0.4, -0.2) is 0 Å². The van der Waals surface area contributed by atoms with Gasteiger partial charge in [0.2, 0.25) is 0 Å². The van der Waals surface area contributed by atoms with Crippen LogP contribution in [0.3, 0.4) is 0 Å². The lowest BCUT2D eigenvalue weighted by molar-refractivity contribution is 0.555. The van der Waals surface area contributed by atoms with Crippen molar-refractivity contribution in [2.45, 2.75) is 0 Å². The van der Waals surface area contributed by atoms with E-state index in [0.29, 0.717) is 4.67 Å². The van der Waals surface area contributed by atoms with Crippen LogP contribution >= 0.6 is 43.5 Å². The second-order valence-electron chi connectivity index (χ2n) is 2.73. The summed E-state index contributed by atoms with van der Waals surface area (Å²) >= 11 is 12.5. The Balaban J connectivity index is 2.49. The molecule has 0 spiro atoms. The molecule has 0 atom stereocenters. The Bertz CT molecular complexity index is 448. The molecule has 2 rings (SSSR count). The predicted octanol–water partition coefficient (Wildman–Crippen LogP) is 5.13. The first kappa shape index (κ1) is 10.3. The summed E-state index contributed by atoms with van der Waals surface area (Å²) in [6.45, 7) is 0. The molecule has 0 saturated heterocycles. The molecule has 1 aromatic carbocycles. The Morgan fingerprint density at radius 2 is 1.71 bits per heavy atom. The van der Waals surface area contributed by atoms with Crippen molar-refractivity contribution in [1.82, 2.24) is 0 Å². The minimum Gasteiger partial charge on any atom is -0.448 e. The topological polar surface area (TPSA) is 13.1 Å². The third-order valence-electron chi connectivity index (χ3n) is 1.76. The molecule has 1 nitrogen and oxygen atoms in total. The van der Waals surface area contributed by atoms with Gasteiger partial charge in [0.15, 0.2) is 4.67 Å². The van der Waals surface area contributed by atoms with E-state index in [1.807, 2.05) is 30.3 Å². The first-order valence-electron chi connectivity index (χ1n) is 3.87. The van der Waals surface area contributed by atoms with E-state index < -0.39 is 0 Å². The lowest BCUT2D eigenvalue weighted by Gasteiger charge is -1.97. The van der Waals surface area contributed by atoms with Crippen LogP contribution in [0.1, 0.15) is 0 Å². The normalized spacial score (nSPS) is 10.5. The zero-order valence-electron chi connectivity index (χ0n) is 6.93. The Kier molecular flexibility index (Phi) is 3.00. The summed E-state index contributed by atoms with van der Waals surface area (Å²) < 4.78 is 7.09. The number of benzene rings is 1. The number of hydrogen-bond donors (Lipinski definition) is 0. The highest BCUT2D eigenvalue weighted by atomic mass is 79.9. The maximum atomic E-state index is 5.79. The second-order valence-corrected chi connectivity index (χ2v) is 4.81. The van der Waals surface area contributed by atoms with E-state index >= 15 is 0 Å². The van der Waals surface area contributed by atoms with Gasteiger partial charge in [-0.05, 0) is 56.1 Å². The van der Waals surface area contributed by atoms with E-state index in [0.717, 1.165) is 20.8 Å². The summed E-state index contributed by atoms with van der Waals surface area (Å²) in [4.78, 5) is 0. The average Bonchev–Trinajstić information content (AvgIpc) is 2.47. The van der Waals surface area contributed by atoms with Crippen molar-refractivity contribution in [2.24, 2.45) is 0 Å². The molecule has 1 aromatic heterocycles. The van der Waals surface area contributed by atoms with Gasteiger partial charge in [-0.3, -0.25) is 0 Å². The van der Waals surface area contributed by atoms with E-state index in [2.05, 4.69) is 31.9 Å². The molecule has 1 heterocycles. The lowest BCUT2D eigenvalue weighted by atomic mass is 10.2. The van der Waals surface area contributed by atoms with Crippen LogP contribution in [-0.2, 0) is 0 Å². The van der Waals surface area contributed by atoms with Crippen LogP contribution < -0.4 is 0 Å². The zero-order valence-corrected chi connectivity index (χ0v) is 10.9. The van der Waals surface area contributed by atoms with E-state index in [-0.39, 0.29) is 0 Å². The van der Waals surface area contributed by atoms with Crippen molar-refractivity contribution in [3.8, 4) is 11.3 Å². The van der Waals surface area contributed by atoms with Gasteiger partial charge in [-0.25, -0.2) is 0 Å². The molecule has 0 radical (unpaired) electrons. The molecule has 2 aromatic rings. The summed E-state index contributed by atoms with van der Waals surface area (Å²) in [5, 5.41) is 0.718. The number of hydrogen-bond acceptors (Lipinski definition) is 1. The standard InChI is InChI=1S/C10H5Br2ClO/c11-8-5-9(12)14-10(8)6-1-3-7(13)4-2-6/h1-5H. The van der Waals surface area contributed by atoms with Crippen LogP contribution in [0.2, 0.25) is 5.02 Å². The Labute approximate surface area is 103 Å².